The fourth-order valence-corrected chi connectivity index (χ4v) is 2.31. The molecule has 0 aromatic heterocycles. The van der Waals surface area contributed by atoms with Crippen molar-refractivity contribution in [3.63, 3.8) is 0 Å². The summed E-state index contributed by atoms with van der Waals surface area (Å²) in [5.74, 6) is 6.94. The van der Waals surface area contributed by atoms with Gasteiger partial charge in [0.2, 0.25) is 0 Å². The van der Waals surface area contributed by atoms with E-state index in [1.807, 2.05) is 48.5 Å². The van der Waals surface area contributed by atoms with Gasteiger partial charge in [0.25, 0.3) is 5.91 Å². The third kappa shape index (κ3) is 5.56. The maximum Gasteiger partial charge on any atom is 0.252 e. The van der Waals surface area contributed by atoms with Crippen LogP contribution in [0.1, 0.15) is 36.7 Å². The van der Waals surface area contributed by atoms with Crippen LogP contribution in [0.2, 0.25) is 0 Å². The summed E-state index contributed by atoms with van der Waals surface area (Å²) in [5, 5.41) is 2.79. The Morgan fingerprint density at radius 1 is 1.00 bits per heavy atom. The fraction of sp³-hybridized carbons (Fsp3) is 0.318. The van der Waals surface area contributed by atoms with Gasteiger partial charge in [-0.1, -0.05) is 56.9 Å². The van der Waals surface area contributed by atoms with Crippen molar-refractivity contribution in [3.05, 3.63) is 59.7 Å². The fourth-order valence-electron chi connectivity index (χ4n) is 2.31. The topological polar surface area (TPSA) is 47.6 Å². The standard InChI is InChI=1S/C22H25NO3/c1-22(2,3)18-13-11-17(12-14-18)21(24)23-15-7-8-16-26-20-10-6-5-9-19(20)25-4/h5-6,9-14H,15-16H2,1-4H3,(H,23,24). The first-order valence-electron chi connectivity index (χ1n) is 8.52. The lowest BCUT2D eigenvalue weighted by Crippen LogP contribution is -2.23. The highest BCUT2D eigenvalue weighted by Gasteiger charge is 2.13. The molecule has 0 aliphatic heterocycles. The maximum atomic E-state index is 12.1. The number of amides is 1. The van der Waals surface area contributed by atoms with Crippen LogP contribution in [0.3, 0.4) is 0 Å². The lowest BCUT2D eigenvalue weighted by molar-refractivity contribution is 0.0958. The molecule has 0 bridgehead atoms. The summed E-state index contributed by atoms with van der Waals surface area (Å²) in [4.78, 5) is 12.1. The predicted molar refractivity (Wildman–Crippen MR) is 104 cm³/mol. The molecule has 0 heterocycles. The summed E-state index contributed by atoms with van der Waals surface area (Å²) in [6, 6.07) is 15.1. The second kappa shape index (κ2) is 8.96. The van der Waals surface area contributed by atoms with E-state index in [2.05, 4.69) is 37.9 Å². The van der Waals surface area contributed by atoms with E-state index < -0.39 is 0 Å². The molecule has 1 amide bonds. The number of rotatable bonds is 5. The van der Waals surface area contributed by atoms with E-state index in [-0.39, 0.29) is 24.5 Å². The average Bonchev–Trinajstić information content (AvgIpc) is 2.64. The van der Waals surface area contributed by atoms with Crippen molar-refractivity contribution in [2.75, 3.05) is 20.3 Å². The van der Waals surface area contributed by atoms with Gasteiger partial charge in [-0.05, 0) is 35.2 Å². The minimum atomic E-state index is -0.134. The van der Waals surface area contributed by atoms with Crippen LogP contribution >= 0.6 is 0 Å². The van der Waals surface area contributed by atoms with Crippen LogP contribution in [0, 0.1) is 11.8 Å². The highest BCUT2D eigenvalue weighted by Crippen LogP contribution is 2.25. The van der Waals surface area contributed by atoms with E-state index in [0.717, 1.165) is 0 Å². The van der Waals surface area contributed by atoms with E-state index in [9.17, 15) is 4.79 Å². The lowest BCUT2D eigenvalue weighted by atomic mass is 9.87. The Hall–Kier alpha value is -2.93. The van der Waals surface area contributed by atoms with E-state index >= 15 is 0 Å². The minimum Gasteiger partial charge on any atom is -0.493 e. The van der Waals surface area contributed by atoms with Crippen molar-refractivity contribution in [1.29, 1.82) is 0 Å². The van der Waals surface area contributed by atoms with Crippen molar-refractivity contribution in [1.82, 2.24) is 5.32 Å². The van der Waals surface area contributed by atoms with Crippen molar-refractivity contribution < 1.29 is 14.3 Å². The maximum absolute atomic E-state index is 12.1. The summed E-state index contributed by atoms with van der Waals surface area (Å²) in [5.41, 5.74) is 1.90. The van der Waals surface area contributed by atoms with Gasteiger partial charge in [0.1, 0.15) is 6.61 Å². The van der Waals surface area contributed by atoms with Gasteiger partial charge in [0, 0.05) is 5.56 Å². The molecule has 136 valence electrons. The highest BCUT2D eigenvalue weighted by atomic mass is 16.5. The molecule has 26 heavy (non-hydrogen) atoms. The Kier molecular flexibility index (Phi) is 6.68. The molecule has 4 heteroatoms. The van der Waals surface area contributed by atoms with Crippen molar-refractivity contribution >= 4 is 5.91 Å². The largest absolute Gasteiger partial charge is 0.493 e. The zero-order valence-corrected chi connectivity index (χ0v) is 15.8. The molecule has 2 aromatic carbocycles. The van der Waals surface area contributed by atoms with E-state index in [1.54, 1.807) is 7.11 Å². The summed E-state index contributed by atoms with van der Waals surface area (Å²) in [6.45, 7) is 6.94. The summed E-state index contributed by atoms with van der Waals surface area (Å²) in [7, 11) is 1.59. The van der Waals surface area contributed by atoms with Gasteiger partial charge in [-0.2, -0.15) is 0 Å². The molecule has 0 aliphatic carbocycles. The quantitative estimate of drug-likeness (QED) is 0.834. The van der Waals surface area contributed by atoms with Gasteiger partial charge >= 0.3 is 0 Å². The van der Waals surface area contributed by atoms with Crippen molar-refractivity contribution in [2.45, 2.75) is 26.2 Å². The molecule has 0 saturated carbocycles. The molecule has 0 unspecified atom stereocenters. The first kappa shape index (κ1) is 19.4. The zero-order chi connectivity index (χ0) is 19.0. The Morgan fingerprint density at radius 3 is 2.27 bits per heavy atom. The number of methoxy groups -OCH3 is 1. The van der Waals surface area contributed by atoms with Crippen LogP contribution in [0.25, 0.3) is 0 Å². The van der Waals surface area contributed by atoms with Crippen LogP contribution < -0.4 is 14.8 Å². The molecule has 0 atom stereocenters. The molecule has 4 nitrogen and oxygen atoms in total. The summed E-state index contributed by atoms with van der Waals surface area (Å²) in [6.07, 6.45) is 0. The minimum absolute atomic E-state index is 0.0713. The van der Waals surface area contributed by atoms with E-state index in [0.29, 0.717) is 17.1 Å². The van der Waals surface area contributed by atoms with Gasteiger partial charge in [-0.15, -0.1) is 0 Å². The highest BCUT2D eigenvalue weighted by molar-refractivity contribution is 5.94. The number of ether oxygens (including phenoxy) is 2. The van der Waals surface area contributed by atoms with Crippen LogP contribution in [0.4, 0.5) is 0 Å². The van der Waals surface area contributed by atoms with E-state index in [4.69, 9.17) is 9.47 Å². The van der Waals surface area contributed by atoms with Crippen molar-refractivity contribution in [2.24, 2.45) is 0 Å². The third-order valence-corrected chi connectivity index (χ3v) is 3.84. The number of nitrogens with one attached hydrogen (secondary N) is 1. The zero-order valence-electron chi connectivity index (χ0n) is 15.8. The monoisotopic (exact) mass is 351 g/mol. The summed E-state index contributed by atoms with van der Waals surface area (Å²) >= 11 is 0. The van der Waals surface area contributed by atoms with Gasteiger partial charge in [-0.3, -0.25) is 4.79 Å². The number of hydrogen-bond donors (Lipinski definition) is 1. The van der Waals surface area contributed by atoms with Gasteiger partial charge in [0.15, 0.2) is 11.5 Å². The molecule has 0 saturated heterocycles. The van der Waals surface area contributed by atoms with Crippen LogP contribution in [-0.2, 0) is 5.41 Å². The van der Waals surface area contributed by atoms with Crippen LogP contribution in [-0.4, -0.2) is 26.2 Å². The Morgan fingerprint density at radius 2 is 1.65 bits per heavy atom. The Bertz CT molecular complexity index is 793. The van der Waals surface area contributed by atoms with Crippen LogP contribution in [0.5, 0.6) is 11.5 Å². The van der Waals surface area contributed by atoms with Crippen molar-refractivity contribution in [3.8, 4) is 23.3 Å². The Balaban J connectivity index is 1.79. The predicted octanol–water partition coefficient (Wildman–Crippen LogP) is 3.80. The van der Waals surface area contributed by atoms with E-state index in [1.165, 1.54) is 5.56 Å². The number of benzene rings is 2. The molecular weight excluding hydrogens is 326 g/mol. The molecule has 2 rings (SSSR count). The first-order chi connectivity index (χ1) is 12.4. The number of carbonyl (C=O) groups is 1. The normalized spacial score (nSPS) is 10.5. The summed E-state index contributed by atoms with van der Waals surface area (Å²) < 4.78 is 10.8. The Labute approximate surface area is 155 Å². The number of hydrogen-bond acceptors (Lipinski definition) is 3. The third-order valence-electron chi connectivity index (χ3n) is 3.84. The average molecular weight is 351 g/mol. The van der Waals surface area contributed by atoms with Gasteiger partial charge < -0.3 is 14.8 Å². The molecule has 0 spiro atoms. The second-order valence-corrected chi connectivity index (χ2v) is 6.80. The first-order valence-corrected chi connectivity index (χ1v) is 8.52. The number of carbonyl (C=O) groups excluding carboxylic acids is 1. The smallest absolute Gasteiger partial charge is 0.252 e. The van der Waals surface area contributed by atoms with Gasteiger partial charge in [0.05, 0.1) is 13.7 Å². The molecular formula is C22H25NO3. The molecule has 1 N–H and O–H groups in total. The molecule has 2 aromatic rings. The second-order valence-electron chi connectivity index (χ2n) is 6.80. The van der Waals surface area contributed by atoms with Crippen LogP contribution in [0.15, 0.2) is 48.5 Å². The lowest BCUT2D eigenvalue weighted by Gasteiger charge is -2.18. The molecule has 0 aliphatic rings. The SMILES string of the molecule is COc1ccccc1OCC#CCNC(=O)c1ccc(C(C)(C)C)cc1. The molecule has 0 fully saturated rings. The molecule has 0 radical (unpaired) electrons. The number of para-hydroxylation sites is 2. The van der Waals surface area contributed by atoms with Gasteiger partial charge in [-0.25, -0.2) is 0 Å².